The SMILES string of the molecule is CCNC(=NCC(C)c1cccs1)NCCNC(=O)c1cccc(OC)c1. The number of amides is 1. The van der Waals surface area contributed by atoms with Crippen LogP contribution in [0.4, 0.5) is 0 Å². The molecule has 1 atom stereocenters. The molecule has 146 valence electrons. The van der Waals surface area contributed by atoms with Gasteiger partial charge in [-0.15, -0.1) is 11.3 Å². The van der Waals surface area contributed by atoms with E-state index in [1.807, 2.05) is 13.0 Å². The molecule has 2 aromatic rings. The second kappa shape index (κ2) is 11.2. The molecule has 0 spiro atoms. The number of hydrogen-bond acceptors (Lipinski definition) is 4. The smallest absolute Gasteiger partial charge is 0.251 e. The number of aliphatic imine (C=N–C) groups is 1. The summed E-state index contributed by atoms with van der Waals surface area (Å²) in [6, 6.07) is 11.3. The summed E-state index contributed by atoms with van der Waals surface area (Å²) >= 11 is 1.75. The molecule has 0 aliphatic heterocycles. The van der Waals surface area contributed by atoms with Crippen molar-refractivity contribution in [1.82, 2.24) is 16.0 Å². The van der Waals surface area contributed by atoms with Crippen molar-refractivity contribution in [3.63, 3.8) is 0 Å². The first-order valence-corrected chi connectivity index (χ1v) is 9.99. The zero-order valence-corrected chi connectivity index (χ0v) is 16.9. The Morgan fingerprint density at radius 1 is 1.19 bits per heavy atom. The van der Waals surface area contributed by atoms with E-state index in [-0.39, 0.29) is 5.91 Å². The molecule has 0 saturated heterocycles. The molecule has 2 rings (SSSR count). The summed E-state index contributed by atoms with van der Waals surface area (Å²) in [5.41, 5.74) is 0.583. The van der Waals surface area contributed by atoms with Gasteiger partial charge in [-0.3, -0.25) is 9.79 Å². The predicted molar refractivity (Wildman–Crippen MR) is 112 cm³/mol. The average molecular weight is 389 g/mol. The van der Waals surface area contributed by atoms with Crippen LogP contribution in [-0.2, 0) is 0 Å². The molecular weight excluding hydrogens is 360 g/mol. The van der Waals surface area contributed by atoms with Crippen LogP contribution >= 0.6 is 11.3 Å². The molecule has 0 radical (unpaired) electrons. The fourth-order valence-corrected chi connectivity index (χ4v) is 3.23. The molecular formula is C20H28N4O2S. The third-order valence-corrected chi connectivity index (χ3v) is 5.04. The third kappa shape index (κ3) is 6.94. The van der Waals surface area contributed by atoms with Gasteiger partial charge in [0.2, 0.25) is 0 Å². The Hall–Kier alpha value is -2.54. The molecule has 1 aromatic carbocycles. The Balaban J connectivity index is 1.78. The van der Waals surface area contributed by atoms with Crippen LogP contribution in [0.25, 0.3) is 0 Å². The molecule has 27 heavy (non-hydrogen) atoms. The Morgan fingerprint density at radius 2 is 2.00 bits per heavy atom. The lowest BCUT2D eigenvalue weighted by atomic mass is 10.1. The van der Waals surface area contributed by atoms with E-state index in [1.165, 1.54) is 4.88 Å². The number of carbonyl (C=O) groups excluding carboxylic acids is 1. The number of ether oxygens (including phenoxy) is 1. The summed E-state index contributed by atoms with van der Waals surface area (Å²) in [7, 11) is 1.59. The van der Waals surface area contributed by atoms with E-state index in [1.54, 1.807) is 36.6 Å². The molecule has 0 fully saturated rings. The van der Waals surface area contributed by atoms with E-state index >= 15 is 0 Å². The molecule has 1 heterocycles. The standard InChI is InChI=1S/C20H28N4O2S/c1-4-21-20(24-14-15(2)18-9-6-12-27-18)23-11-10-22-19(25)16-7-5-8-17(13-16)26-3/h5-9,12-13,15H,4,10-11,14H2,1-3H3,(H,22,25)(H2,21,23,24). The van der Waals surface area contributed by atoms with Crippen molar-refractivity contribution >= 4 is 23.2 Å². The second-order valence-electron chi connectivity index (χ2n) is 6.05. The van der Waals surface area contributed by atoms with Gasteiger partial charge in [0.1, 0.15) is 5.75 Å². The summed E-state index contributed by atoms with van der Waals surface area (Å²) < 4.78 is 5.15. The minimum atomic E-state index is -0.121. The predicted octanol–water partition coefficient (Wildman–Crippen LogP) is 2.85. The summed E-state index contributed by atoms with van der Waals surface area (Å²) in [4.78, 5) is 18.2. The summed E-state index contributed by atoms with van der Waals surface area (Å²) in [5.74, 6) is 1.69. The van der Waals surface area contributed by atoms with Crippen molar-refractivity contribution in [2.75, 3.05) is 33.3 Å². The van der Waals surface area contributed by atoms with E-state index in [4.69, 9.17) is 4.74 Å². The fraction of sp³-hybridized carbons (Fsp3) is 0.400. The van der Waals surface area contributed by atoms with E-state index in [2.05, 4.69) is 45.4 Å². The normalized spacial score (nSPS) is 12.3. The average Bonchev–Trinajstić information content (AvgIpc) is 3.23. The number of carbonyl (C=O) groups is 1. The minimum absolute atomic E-state index is 0.121. The first-order valence-electron chi connectivity index (χ1n) is 9.11. The van der Waals surface area contributed by atoms with Crippen LogP contribution in [0.5, 0.6) is 5.75 Å². The monoisotopic (exact) mass is 388 g/mol. The number of hydrogen-bond donors (Lipinski definition) is 3. The number of nitrogens with zero attached hydrogens (tertiary/aromatic N) is 1. The van der Waals surface area contributed by atoms with Gasteiger partial charge in [-0.2, -0.15) is 0 Å². The van der Waals surface area contributed by atoms with Gasteiger partial charge in [-0.1, -0.05) is 19.1 Å². The largest absolute Gasteiger partial charge is 0.497 e. The molecule has 1 amide bonds. The van der Waals surface area contributed by atoms with Crippen molar-refractivity contribution in [3.05, 3.63) is 52.2 Å². The highest BCUT2D eigenvalue weighted by Gasteiger charge is 2.08. The second-order valence-corrected chi connectivity index (χ2v) is 7.03. The van der Waals surface area contributed by atoms with Crippen molar-refractivity contribution in [1.29, 1.82) is 0 Å². The Morgan fingerprint density at radius 3 is 2.70 bits per heavy atom. The van der Waals surface area contributed by atoms with Crippen LogP contribution < -0.4 is 20.7 Å². The number of thiophene rings is 1. The minimum Gasteiger partial charge on any atom is -0.497 e. The number of rotatable bonds is 9. The van der Waals surface area contributed by atoms with E-state index in [9.17, 15) is 4.79 Å². The molecule has 1 aromatic heterocycles. The molecule has 0 aliphatic rings. The summed E-state index contributed by atoms with van der Waals surface area (Å²) in [6.45, 7) is 6.80. The molecule has 0 bridgehead atoms. The van der Waals surface area contributed by atoms with Gasteiger partial charge in [0, 0.05) is 36.0 Å². The lowest BCUT2D eigenvalue weighted by molar-refractivity contribution is 0.0954. The first-order chi connectivity index (χ1) is 13.1. The van der Waals surface area contributed by atoms with Crippen LogP contribution in [0, 0.1) is 0 Å². The quantitative estimate of drug-likeness (QED) is 0.351. The molecule has 0 aliphatic carbocycles. The van der Waals surface area contributed by atoms with E-state index < -0.39 is 0 Å². The van der Waals surface area contributed by atoms with Gasteiger partial charge in [0.15, 0.2) is 5.96 Å². The van der Waals surface area contributed by atoms with Crippen molar-refractivity contribution in [3.8, 4) is 5.75 Å². The van der Waals surface area contributed by atoms with Gasteiger partial charge in [-0.25, -0.2) is 0 Å². The molecule has 1 unspecified atom stereocenters. The Bertz CT molecular complexity index is 731. The van der Waals surface area contributed by atoms with Crippen LogP contribution in [0.3, 0.4) is 0 Å². The zero-order chi connectivity index (χ0) is 19.5. The van der Waals surface area contributed by atoms with Crippen LogP contribution in [0.2, 0.25) is 0 Å². The van der Waals surface area contributed by atoms with Gasteiger partial charge < -0.3 is 20.7 Å². The number of nitrogens with one attached hydrogen (secondary N) is 3. The van der Waals surface area contributed by atoms with Crippen molar-refractivity contribution in [2.45, 2.75) is 19.8 Å². The van der Waals surface area contributed by atoms with Gasteiger partial charge in [-0.05, 0) is 36.6 Å². The zero-order valence-electron chi connectivity index (χ0n) is 16.1. The summed E-state index contributed by atoms with van der Waals surface area (Å²) in [5, 5.41) is 11.5. The lowest BCUT2D eigenvalue weighted by Crippen LogP contribution is -2.41. The van der Waals surface area contributed by atoms with Crippen molar-refractivity contribution in [2.24, 2.45) is 4.99 Å². The fourth-order valence-electron chi connectivity index (χ4n) is 2.45. The van der Waals surface area contributed by atoms with Gasteiger partial charge in [0.25, 0.3) is 5.91 Å². The Kier molecular flexibility index (Phi) is 8.64. The first kappa shape index (κ1) is 20.8. The molecule has 0 saturated carbocycles. The van der Waals surface area contributed by atoms with Gasteiger partial charge >= 0.3 is 0 Å². The van der Waals surface area contributed by atoms with E-state index in [0.29, 0.717) is 36.9 Å². The lowest BCUT2D eigenvalue weighted by Gasteiger charge is -2.13. The number of guanidine groups is 1. The highest BCUT2D eigenvalue weighted by molar-refractivity contribution is 7.10. The van der Waals surface area contributed by atoms with E-state index in [0.717, 1.165) is 12.5 Å². The van der Waals surface area contributed by atoms with Crippen LogP contribution in [-0.4, -0.2) is 45.2 Å². The number of methoxy groups -OCH3 is 1. The molecule has 7 heteroatoms. The number of benzene rings is 1. The van der Waals surface area contributed by atoms with Crippen LogP contribution in [0.1, 0.15) is 35.0 Å². The maximum absolute atomic E-state index is 12.2. The maximum atomic E-state index is 12.2. The topological polar surface area (TPSA) is 74.8 Å². The van der Waals surface area contributed by atoms with Crippen LogP contribution in [0.15, 0.2) is 46.8 Å². The highest BCUT2D eigenvalue weighted by atomic mass is 32.1. The van der Waals surface area contributed by atoms with Gasteiger partial charge in [0.05, 0.1) is 13.7 Å². The highest BCUT2D eigenvalue weighted by Crippen LogP contribution is 2.20. The summed E-state index contributed by atoms with van der Waals surface area (Å²) in [6.07, 6.45) is 0. The third-order valence-electron chi connectivity index (χ3n) is 3.93. The van der Waals surface area contributed by atoms with Crippen molar-refractivity contribution < 1.29 is 9.53 Å². The Labute approximate surface area is 165 Å². The molecule has 6 nitrogen and oxygen atoms in total. The molecule has 3 N–H and O–H groups in total. The maximum Gasteiger partial charge on any atom is 0.251 e.